The first-order chi connectivity index (χ1) is 8.66. The minimum atomic E-state index is -3.64. The van der Waals surface area contributed by atoms with Crippen molar-refractivity contribution in [1.82, 2.24) is 0 Å². The highest BCUT2D eigenvalue weighted by atomic mass is 32.2. The molecule has 0 saturated carbocycles. The van der Waals surface area contributed by atoms with Gasteiger partial charge in [-0.3, -0.25) is 0 Å². The van der Waals surface area contributed by atoms with Crippen molar-refractivity contribution in [3.8, 4) is 0 Å². The van der Waals surface area contributed by atoms with Gasteiger partial charge in [-0.05, 0) is 17.7 Å². The smallest absolute Gasteiger partial charge is 0.249 e. The molecule has 0 aliphatic heterocycles. The minimum Gasteiger partial charge on any atom is -0.249 e. The molecule has 0 saturated heterocycles. The summed E-state index contributed by atoms with van der Waals surface area (Å²) in [6.45, 7) is 0. The summed E-state index contributed by atoms with van der Waals surface area (Å²) < 4.78 is 28.1. The predicted molar refractivity (Wildman–Crippen MR) is 70.2 cm³/mol. The molecule has 0 aliphatic carbocycles. The Morgan fingerprint density at radius 3 is 2.06 bits per heavy atom. The van der Waals surface area contributed by atoms with Gasteiger partial charge < -0.3 is 0 Å². The first kappa shape index (κ1) is 12.6. The van der Waals surface area contributed by atoms with Crippen molar-refractivity contribution in [2.45, 2.75) is 5.75 Å². The zero-order valence-electron chi connectivity index (χ0n) is 9.61. The monoisotopic (exact) mass is 263 g/mol. The summed E-state index contributed by atoms with van der Waals surface area (Å²) in [5.41, 5.74) is 3.70. The van der Waals surface area contributed by atoms with Crippen molar-refractivity contribution >= 4 is 15.8 Å². The van der Waals surface area contributed by atoms with Crippen LogP contribution in [0.2, 0.25) is 0 Å². The molecule has 5 heteroatoms. The Morgan fingerprint density at radius 2 is 1.44 bits per heavy atom. The molecule has 4 nitrogen and oxygen atoms in total. The third-order valence-electron chi connectivity index (χ3n) is 2.25. The molecule has 0 unspecified atom stereocenters. The topological polar surface area (TPSA) is 55.4 Å². The van der Waals surface area contributed by atoms with Crippen LogP contribution in [0.15, 0.2) is 60.7 Å². The highest BCUT2D eigenvalue weighted by Gasteiger charge is 2.12. The van der Waals surface area contributed by atoms with Crippen LogP contribution in [0.1, 0.15) is 5.56 Å². The fourth-order valence-corrected chi connectivity index (χ4v) is 2.31. The van der Waals surface area contributed by atoms with Gasteiger partial charge in [0.2, 0.25) is 0 Å². The van der Waals surface area contributed by atoms with Crippen molar-refractivity contribution in [3.05, 3.63) is 66.2 Å². The van der Waals surface area contributed by atoms with E-state index in [1.807, 2.05) is 12.1 Å². The van der Waals surface area contributed by atoms with Gasteiger partial charge in [0, 0.05) is 0 Å². The van der Waals surface area contributed by atoms with Crippen LogP contribution >= 0.6 is 0 Å². The second-order valence-electron chi connectivity index (χ2n) is 3.74. The van der Waals surface area contributed by atoms with Gasteiger partial charge >= 0.3 is 0 Å². The summed E-state index contributed by atoms with van der Waals surface area (Å²) >= 11 is 0. The van der Waals surface area contributed by atoms with Gasteiger partial charge in [0.15, 0.2) is 0 Å². The molecular weight excluding hydrogens is 250 g/mol. The van der Waals surface area contributed by atoms with Crippen LogP contribution < -0.4 is 5.48 Å². The van der Waals surface area contributed by atoms with Gasteiger partial charge in [0.25, 0.3) is 10.1 Å². The Hall–Kier alpha value is -1.85. The molecule has 2 aromatic carbocycles. The quantitative estimate of drug-likeness (QED) is 0.842. The average molecular weight is 263 g/mol. The highest BCUT2D eigenvalue weighted by Crippen LogP contribution is 2.10. The van der Waals surface area contributed by atoms with Crippen molar-refractivity contribution in [1.29, 1.82) is 0 Å². The number of para-hydroxylation sites is 1. The fourth-order valence-electron chi connectivity index (χ4n) is 1.43. The molecule has 0 amide bonds. The second-order valence-corrected chi connectivity index (χ2v) is 5.31. The van der Waals surface area contributed by atoms with Gasteiger partial charge in [-0.25, -0.2) is 5.48 Å². The molecule has 2 aromatic rings. The SMILES string of the molecule is O=S(=O)(Cc1ccccc1)ONc1ccccc1. The van der Waals surface area contributed by atoms with Gasteiger partial charge in [0.05, 0.1) is 5.69 Å². The normalized spacial score (nSPS) is 11.1. The van der Waals surface area contributed by atoms with Crippen LogP contribution in [-0.4, -0.2) is 8.42 Å². The number of nitrogens with one attached hydrogen (secondary N) is 1. The van der Waals surface area contributed by atoms with Crippen molar-refractivity contribution in [2.75, 3.05) is 5.48 Å². The Labute approximate surface area is 106 Å². The highest BCUT2D eigenvalue weighted by molar-refractivity contribution is 7.85. The van der Waals surface area contributed by atoms with Crippen LogP contribution in [0.5, 0.6) is 0 Å². The summed E-state index contributed by atoms with van der Waals surface area (Å²) in [6, 6.07) is 17.7. The molecule has 94 valence electrons. The van der Waals surface area contributed by atoms with E-state index in [1.165, 1.54) is 0 Å². The Morgan fingerprint density at radius 1 is 0.889 bits per heavy atom. The predicted octanol–water partition coefficient (Wildman–Crippen LogP) is 2.56. The van der Waals surface area contributed by atoms with E-state index in [9.17, 15) is 8.42 Å². The van der Waals surface area contributed by atoms with E-state index in [-0.39, 0.29) is 5.75 Å². The molecule has 0 atom stereocenters. The van der Waals surface area contributed by atoms with E-state index >= 15 is 0 Å². The molecule has 0 fully saturated rings. The Bertz CT molecular complexity index is 582. The number of anilines is 1. The van der Waals surface area contributed by atoms with E-state index in [2.05, 4.69) is 5.48 Å². The van der Waals surface area contributed by atoms with E-state index < -0.39 is 10.1 Å². The third kappa shape index (κ3) is 3.87. The van der Waals surface area contributed by atoms with Crippen LogP contribution in [0.3, 0.4) is 0 Å². The molecular formula is C13H13NO3S. The zero-order valence-corrected chi connectivity index (χ0v) is 10.4. The van der Waals surface area contributed by atoms with E-state index in [0.29, 0.717) is 11.3 Å². The molecule has 2 rings (SSSR count). The fraction of sp³-hybridized carbons (Fsp3) is 0.0769. The van der Waals surface area contributed by atoms with Crippen LogP contribution in [0.25, 0.3) is 0 Å². The third-order valence-corrected chi connectivity index (χ3v) is 3.27. The van der Waals surface area contributed by atoms with Gasteiger partial charge in [-0.15, -0.1) is 0 Å². The largest absolute Gasteiger partial charge is 0.292 e. The first-order valence-corrected chi connectivity index (χ1v) is 7.00. The number of hydrogen-bond acceptors (Lipinski definition) is 4. The summed E-state index contributed by atoms with van der Waals surface area (Å²) in [7, 11) is -3.64. The second kappa shape index (κ2) is 5.66. The van der Waals surface area contributed by atoms with Crippen molar-refractivity contribution in [2.24, 2.45) is 0 Å². The lowest BCUT2D eigenvalue weighted by Gasteiger charge is -2.07. The summed E-state index contributed by atoms with van der Waals surface area (Å²) in [5, 5.41) is 0. The maximum atomic E-state index is 11.7. The van der Waals surface area contributed by atoms with Crippen molar-refractivity contribution in [3.63, 3.8) is 0 Å². The minimum absolute atomic E-state index is 0.159. The molecule has 0 bridgehead atoms. The Kier molecular flexibility index (Phi) is 3.96. The molecule has 0 radical (unpaired) electrons. The summed E-state index contributed by atoms with van der Waals surface area (Å²) in [6.07, 6.45) is 0. The van der Waals surface area contributed by atoms with Crippen molar-refractivity contribution < 1.29 is 12.7 Å². The lowest BCUT2D eigenvalue weighted by molar-refractivity contribution is 0.390. The van der Waals surface area contributed by atoms with Crippen LogP contribution in [0.4, 0.5) is 5.69 Å². The number of benzene rings is 2. The molecule has 1 N–H and O–H groups in total. The van der Waals surface area contributed by atoms with E-state index in [1.54, 1.807) is 48.5 Å². The van der Waals surface area contributed by atoms with E-state index in [0.717, 1.165) is 0 Å². The lowest BCUT2D eigenvalue weighted by Crippen LogP contribution is -2.13. The maximum Gasteiger partial charge on any atom is 0.292 e. The maximum absolute atomic E-state index is 11.7. The first-order valence-electron chi connectivity index (χ1n) is 5.42. The molecule has 18 heavy (non-hydrogen) atoms. The molecule has 0 spiro atoms. The van der Waals surface area contributed by atoms with Crippen LogP contribution in [0, 0.1) is 0 Å². The Balaban J connectivity index is 1.96. The molecule has 0 aliphatic rings. The van der Waals surface area contributed by atoms with Gasteiger partial charge in [0.1, 0.15) is 5.75 Å². The molecule has 0 aromatic heterocycles. The number of rotatable bonds is 5. The van der Waals surface area contributed by atoms with Crippen LogP contribution in [-0.2, 0) is 20.2 Å². The summed E-state index contributed by atoms with van der Waals surface area (Å²) in [4.78, 5) is 0. The van der Waals surface area contributed by atoms with Gasteiger partial charge in [-0.2, -0.15) is 12.7 Å². The summed E-state index contributed by atoms with van der Waals surface area (Å²) in [5.74, 6) is -0.159. The standard InChI is InChI=1S/C13H13NO3S/c15-18(16,11-12-7-3-1-4-8-12)17-14-13-9-5-2-6-10-13/h1-10,14H,11H2. The number of hydrogen-bond donors (Lipinski definition) is 1. The van der Waals surface area contributed by atoms with E-state index in [4.69, 9.17) is 4.28 Å². The zero-order chi connectivity index (χ0) is 12.8. The molecule has 0 heterocycles. The van der Waals surface area contributed by atoms with Gasteiger partial charge in [-0.1, -0.05) is 48.5 Å². The lowest BCUT2D eigenvalue weighted by atomic mass is 10.2. The average Bonchev–Trinajstić information content (AvgIpc) is 2.38.